The van der Waals surface area contributed by atoms with E-state index in [9.17, 15) is 4.79 Å². The summed E-state index contributed by atoms with van der Waals surface area (Å²) in [6, 6.07) is 0. The molecule has 0 aliphatic rings. The summed E-state index contributed by atoms with van der Waals surface area (Å²) < 4.78 is 4.75. The fourth-order valence-electron chi connectivity index (χ4n) is 0.692. The Kier molecular flexibility index (Phi) is 5.71. The normalized spacial score (nSPS) is 10.9. The molecule has 0 heterocycles. The molecular weight excluding hydrogens is 176 g/mol. The van der Waals surface area contributed by atoms with Crippen LogP contribution in [0.4, 0.5) is 0 Å². The molecule has 0 aliphatic carbocycles. The van der Waals surface area contributed by atoms with Crippen molar-refractivity contribution in [2.24, 2.45) is 5.41 Å². The van der Waals surface area contributed by atoms with Crippen LogP contribution >= 0.6 is 0 Å². The van der Waals surface area contributed by atoms with Crippen molar-refractivity contribution in [2.45, 2.75) is 34.1 Å². The van der Waals surface area contributed by atoms with Gasteiger partial charge in [0.05, 0.1) is 13.0 Å². The highest BCUT2D eigenvalue weighted by Gasteiger charge is 2.02. The molecule has 0 rings (SSSR count). The first-order valence-electron chi connectivity index (χ1n) is 4.79. The second-order valence-electron chi connectivity index (χ2n) is 3.93. The van der Waals surface area contributed by atoms with E-state index in [4.69, 9.17) is 4.74 Å². The summed E-state index contributed by atoms with van der Waals surface area (Å²) >= 11 is 0. The SMILES string of the molecule is CCOC(=O)C/C=C/C#CC(C)(C)C. The van der Waals surface area contributed by atoms with Gasteiger partial charge in [0, 0.05) is 5.41 Å². The monoisotopic (exact) mass is 194 g/mol. The van der Waals surface area contributed by atoms with Crippen LogP contribution in [0, 0.1) is 17.3 Å². The molecule has 0 amide bonds. The zero-order valence-electron chi connectivity index (χ0n) is 9.39. The Hall–Kier alpha value is -1.23. The molecule has 0 spiro atoms. The molecule has 0 aromatic rings. The lowest BCUT2D eigenvalue weighted by Crippen LogP contribution is -2.01. The molecule has 0 saturated carbocycles. The minimum absolute atomic E-state index is 0.00820. The zero-order chi connectivity index (χ0) is 11.0. The maximum absolute atomic E-state index is 10.9. The number of allylic oxidation sites excluding steroid dienone is 1. The summed E-state index contributed by atoms with van der Waals surface area (Å²) in [7, 11) is 0. The van der Waals surface area contributed by atoms with Crippen LogP contribution in [0.5, 0.6) is 0 Å². The van der Waals surface area contributed by atoms with Crippen molar-refractivity contribution in [3.63, 3.8) is 0 Å². The van der Waals surface area contributed by atoms with Crippen molar-refractivity contribution < 1.29 is 9.53 Å². The van der Waals surface area contributed by atoms with Crippen LogP contribution in [-0.2, 0) is 9.53 Å². The van der Waals surface area contributed by atoms with Crippen LogP contribution in [0.15, 0.2) is 12.2 Å². The molecule has 14 heavy (non-hydrogen) atoms. The molecular formula is C12H18O2. The van der Waals surface area contributed by atoms with Gasteiger partial charge in [-0.2, -0.15) is 0 Å². The minimum atomic E-state index is -0.207. The van der Waals surface area contributed by atoms with E-state index in [1.807, 2.05) is 20.8 Å². The van der Waals surface area contributed by atoms with Crippen molar-refractivity contribution in [3.05, 3.63) is 12.2 Å². The van der Waals surface area contributed by atoms with Gasteiger partial charge in [-0.1, -0.05) is 17.9 Å². The van der Waals surface area contributed by atoms with Gasteiger partial charge in [0.1, 0.15) is 0 Å². The van der Waals surface area contributed by atoms with E-state index in [0.717, 1.165) is 0 Å². The molecule has 0 atom stereocenters. The summed E-state index contributed by atoms with van der Waals surface area (Å²) in [6.45, 7) is 8.35. The van der Waals surface area contributed by atoms with Gasteiger partial charge in [-0.05, 0) is 33.8 Å². The highest BCUT2D eigenvalue weighted by atomic mass is 16.5. The molecule has 2 heteroatoms. The molecule has 78 valence electrons. The van der Waals surface area contributed by atoms with Crippen LogP contribution in [0.2, 0.25) is 0 Å². The summed E-state index contributed by atoms with van der Waals surface area (Å²) in [5, 5.41) is 0. The fraction of sp³-hybridized carbons (Fsp3) is 0.583. The van der Waals surface area contributed by atoms with Crippen molar-refractivity contribution in [1.82, 2.24) is 0 Å². The maximum Gasteiger partial charge on any atom is 0.309 e. The first-order chi connectivity index (χ1) is 6.45. The number of esters is 1. The molecule has 2 nitrogen and oxygen atoms in total. The van der Waals surface area contributed by atoms with Crippen molar-refractivity contribution in [2.75, 3.05) is 6.61 Å². The van der Waals surface area contributed by atoms with Gasteiger partial charge in [0.25, 0.3) is 0 Å². The molecule has 0 bridgehead atoms. The lowest BCUT2D eigenvalue weighted by Gasteiger charge is -2.05. The van der Waals surface area contributed by atoms with E-state index in [1.165, 1.54) is 0 Å². The second kappa shape index (κ2) is 6.26. The molecule has 0 unspecified atom stereocenters. The predicted molar refractivity (Wildman–Crippen MR) is 57.6 cm³/mol. The topological polar surface area (TPSA) is 26.3 Å². The van der Waals surface area contributed by atoms with Crippen LogP contribution in [-0.4, -0.2) is 12.6 Å². The predicted octanol–water partition coefficient (Wildman–Crippen LogP) is 2.55. The van der Waals surface area contributed by atoms with Gasteiger partial charge in [-0.15, -0.1) is 0 Å². The van der Waals surface area contributed by atoms with Crippen LogP contribution in [0.1, 0.15) is 34.1 Å². The van der Waals surface area contributed by atoms with Crippen LogP contribution in [0.25, 0.3) is 0 Å². The third-order valence-corrected chi connectivity index (χ3v) is 1.24. The Bertz CT molecular complexity index is 258. The van der Waals surface area contributed by atoms with Crippen molar-refractivity contribution in [3.8, 4) is 11.8 Å². The summed E-state index contributed by atoms with van der Waals surface area (Å²) in [5.41, 5.74) is 0.00820. The molecule has 0 radical (unpaired) electrons. The summed E-state index contributed by atoms with van der Waals surface area (Å²) in [6.07, 6.45) is 3.71. The average molecular weight is 194 g/mol. The highest BCUT2D eigenvalue weighted by Crippen LogP contribution is 2.09. The van der Waals surface area contributed by atoms with Crippen molar-refractivity contribution in [1.29, 1.82) is 0 Å². The van der Waals surface area contributed by atoms with Gasteiger partial charge in [0.15, 0.2) is 0 Å². The van der Waals surface area contributed by atoms with E-state index >= 15 is 0 Å². The van der Waals surface area contributed by atoms with Crippen LogP contribution < -0.4 is 0 Å². The van der Waals surface area contributed by atoms with Gasteiger partial charge < -0.3 is 4.74 Å². The van der Waals surface area contributed by atoms with E-state index in [1.54, 1.807) is 19.1 Å². The Labute approximate surface area is 86.3 Å². The number of ether oxygens (including phenoxy) is 1. The van der Waals surface area contributed by atoms with E-state index in [0.29, 0.717) is 13.0 Å². The third kappa shape index (κ3) is 8.86. The minimum Gasteiger partial charge on any atom is -0.466 e. The lowest BCUT2D eigenvalue weighted by molar-refractivity contribution is -0.142. The second-order valence-corrected chi connectivity index (χ2v) is 3.93. The first-order valence-corrected chi connectivity index (χ1v) is 4.79. The van der Waals surface area contributed by atoms with Gasteiger partial charge in [-0.3, -0.25) is 4.79 Å². The van der Waals surface area contributed by atoms with E-state index < -0.39 is 0 Å². The Morgan fingerprint density at radius 1 is 1.43 bits per heavy atom. The largest absolute Gasteiger partial charge is 0.466 e. The first kappa shape index (κ1) is 12.8. The van der Waals surface area contributed by atoms with Crippen LogP contribution in [0.3, 0.4) is 0 Å². The quantitative estimate of drug-likeness (QED) is 0.510. The number of carbonyl (C=O) groups is 1. The smallest absolute Gasteiger partial charge is 0.309 e. The summed E-state index contributed by atoms with van der Waals surface area (Å²) in [4.78, 5) is 10.9. The summed E-state index contributed by atoms with van der Waals surface area (Å²) in [5.74, 6) is 5.72. The third-order valence-electron chi connectivity index (χ3n) is 1.24. The molecule has 0 fully saturated rings. The average Bonchev–Trinajstić information content (AvgIpc) is 2.02. The number of hydrogen-bond donors (Lipinski definition) is 0. The van der Waals surface area contributed by atoms with Crippen molar-refractivity contribution >= 4 is 5.97 Å². The zero-order valence-corrected chi connectivity index (χ0v) is 9.39. The molecule has 0 saturated heterocycles. The molecule has 0 aliphatic heterocycles. The molecule has 0 aromatic heterocycles. The standard InChI is InChI=1S/C12H18O2/c1-5-14-11(13)9-7-6-8-10-12(2,3)4/h6-7H,5,9H2,1-4H3/b7-6+. The Balaban J connectivity index is 3.84. The fourth-order valence-corrected chi connectivity index (χ4v) is 0.692. The number of hydrogen-bond acceptors (Lipinski definition) is 2. The molecule has 0 aromatic carbocycles. The van der Waals surface area contributed by atoms with Gasteiger partial charge in [-0.25, -0.2) is 0 Å². The number of rotatable bonds is 3. The van der Waals surface area contributed by atoms with Gasteiger partial charge >= 0.3 is 5.97 Å². The maximum atomic E-state index is 10.9. The highest BCUT2D eigenvalue weighted by molar-refractivity contribution is 5.71. The van der Waals surface area contributed by atoms with Gasteiger partial charge in [0.2, 0.25) is 0 Å². The lowest BCUT2D eigenvalue weighted by atomic mass is 9.98. The molecule has 0 N–H and O–H groups in total. The van der Waals surface area contributed by atoms with E-state index in [-0.39, 0.29) is 11.4 Å². The van der Waals surface area contributed by atoms with E-state index in [2.05, 4.69) is 11.8 Å². The number of carbonyl (C=O) groups excluding carboxylic acids is 1. The Morgan fingerprint density at radius 3 is 2.57 bits per heavy atom. The Morgan fingerprint density at radius 2 is 2.07 bits per heavy atom.